The summed E-state index contributed by atoms with van der Waals surface area (Å²) in [6.45, 7) is 4.88. The van der Waals surface area contributed by atoms with Crippen LogP contribution in [0.2, 0.25) is 0 Å². The van der Waals surface area contributed by atoms with Gasteiger partial charge < -0.3 is 14.7 Å². The molecule has 22 heavy (non-hydrogen) atoms. The zero-order valence-electron chi connectivity index (χ0n) is 12.9. The highest BCUT2D eigenvalue weighted by Gasteiger charge is 2.41. The van der Waals surface area contributed by atoms with Crippen molar-refractivity contribution in [3.63, 3.8) is 0 Å². The van der Waals surface area contributed by atoms with Crippen molar-refractivity contribution in [2.24, 2.45) is 0 Å². The first-order chi connectivity index (χ1) is 10.6. The van der Waals surface area contributed by atoms with Gasteiger partial charge in [0, 0.05) is 19.8 Å². The van der Waals surface area contributed by atoms with E-state index in [0.717, 1.165) is 5.56 Å². The normalized spacial score (nSPS) is 18.2. The van der Waals surface area contributed by atoms with E-state index in [1.807, 2.05) is 37.3 Å². The number of carbonyl (C=O) groups is 2. The molecular formula is C17H21NO4. The number of ketones is 1. The molecule has 0 radical (unpaired) electrons. The second-order valence-corrected chi connectivity index (χ2v) is 5.18. The van der Waals surface area contributed by atoms with Crippen LogP contribution in [0.4, 0.5) is 0 Å². The first kappa shape index (κ1) is 16.2. The summed E-state index contributed by atoms with van der Waals surface area (Å²) < 4.78 is 5.29. The molecule has 0 fully saturated rings. The van der Waals surface area contributed by atoms with Gasteiger partial charge in [0.05, 0.1) is 11.6 Å². The molecule has 0 saturated heterocycles. The van der Waals surface area contributed by atoms with Crippen molar-refractivity contribution < 1.29 is 19.4 Å². The van der Waals surface area contributed by atoms with Crippen LogP contribution in [0.15, 0.2) is 41.7 Å². The maximum Gasteiger partial charge on any atom is 0.290 e. The van der Waals surface area contributed by atoms with Gasteiger partial charge in [-0.15, -0.1) is 0 Å². The molecule has 0 bridgehead atoms. The van der Waals surface area contributed by atoms with Gasteiger partial charge in [-0.1, -0.05) is 30.3 Å². The molecule has 1 amide bonds. The fourth-order valence-electron chi connectivity index (χ4n) is 2.71. The van der Waals surface area contributed by atoms with Crippen LogP contribution in [-0.4, -0.2) is 41.5 Å². The van der Waals surface area contributed by atoms with Crippen molar-refractivity contribution in [3.8, 4) is 0 Å². The van der Waals surface area contributed by atoms with E-state index in [4.69, 9.17) is 4.74 Å². The summed E-state index contributed by atoms with van der Waals surface area (Å²) in [4.78, 5) is 25.7. The Bertz CT molecular complexity index is 580. The minimum atomic E-state index is -0.521. The van der Waals surface area contributed by atoms with Crippen LogP contribution in [0, 0.1) is 0 Å². The van der Waals surface area contributed by atoms with Gasteiger partial charge >= 0.3 is 0 Å². The molecule has 1 heterocycles. The van der Waals surface area contributed by atoms with Gasteiger partial charge in [0.1, 0.15) is 0 Å². The Hall–Kier alpha value is -2.14. The average Bonchev–Trinajstić information content (AvgIpc) is 2.77. The Labute approximate surface area is 130 Å². The van der Waals surface area contributed by atoms with Crippen LogP contribution >= 0.6 is 0 Å². The molecular weight excluding hydrogens is 282 g/mol. The van der Waals surface area contributed by atoms with E-state index in [1.54, 1.807) is 4.90 Å². The van der Waals surface area contributed by atoms with Crippen LogP contribution in [0.1, 0.15) is 31.9 Å². The van der Waals surface area contributed by atoms with Crippen molar-refractivity contribution in [3.05, 3.63) is 47.2 Å². The molecule has 5 nitrogen and oxygen atoms in total. The van der Waals surface area contributed by atoms with Crippen molar-refractivity contribution in [1.29, 1.82) is 0 Å². The summed E-state index contributed by atoms with van der Waals surface area (Å²) in [5.74, 6) is -1.21. The smallest absolute Gasteiger partial charge is 0.290 e. The third-order valence-electron chi connectivity index (χ3n) is 3.69. The summed E-state index contributed by atoms with van der Waals surface area (Å²) in [6.07, 6.45) is 0.654. The maximum absolute atomic E-state index is 12.3. The van der Waals surface area contributed by atoms with Crippen molar-refractivity contribution in [2.75, 3.05) is 19.8 Å². The predicted octanol–water partition coefficient (Wildman–Crippen LogP) is 2.40. The van der Waals surface area contributed by atoms with Gasteiger partial charge in [-0.05, 0) is 25.8 Å². The molecule has 0 saturated carbocycles. The first-order valence-corrected chi connectivity index (χ1v) is 7.45. The summed E-state index contributed by atoms with van der Waals surface area (Å²) in [5.41, 5.74) is 0.995. The van der Waals surface area contributed by atoms with E-state index in [-0.39, 0.29) is 11.4 Å². The second-order valence-electron chi connectivity index (χ2n) is 5.18. The summed E-state index contributed by atoms with van der Waals surface area (Å²) in [6, 6.07) is 8.77. The number of benzene rings is 1. The van der Waals surface area contributed by atoms with Gasteiger partial charge in [0.2, 0.25) is 0 Å². The number of aliphatic hydroxyl groups is 1. The molecule has 1 aliphatic rings. The number of rotatable bonds is 7. The van der Waals surface area contributed by atoms with Gasteiger partial charge in [-0.25, -0.2) is 0 Å². The largest absolute Gasteiger partial charge is 0.503 e. The van der Waals surface area contributed by atoms with Crippen molar-refractivity contribution in [2.45, 2.75) is 26.3 Å². The Morgan fingerprint density at radius 1 is 1.32 bits per heavy atom. The molecule has 118 valence electrons. The molecule has 1 N–H and O–H groups in total. The molecule has 1 aromatic rings. The highest BCUT2D eigenvalue weighted by Crippen LogP contribution is 2.37. The van der Waals surface area contributed by atoms with Crippen LogP contribution in [0.25, 0.3) is 0 Å². The first-order valence-electron chi connectivity index (χ1n) is 7.45. The Kier molecular flexibility index (Phi) is 5.33. The predicted molar refractivity (Wildman–Crippen MR) is 82.3 cm³/mol. The lowest BCUT2D eigenvalue weighted by Gasteiger charge is -2.26. The standard InChI is InChI=1S/C17H21NO4/c1-3-22-11-7-10-18-15(13-8-5-4-6-9-13)14(12(2)19)16(20)17(18)21/h4-6,8-9,15,20H,3,7,10-11H2,1-2H3/t15-/m1/s1. The maximum atomic E-state index is 12.3. The number of amides is 1. The molecule has 5 heteroatoms. The monoisotopic (exact) mass is 303 g/mol. The van der Waals surface area contributed by atoms with Crippen LogP contribution < -0.4 is 0 Å². The summed E-state index contributed by atoms with van der Waals surface area (Å²) in [7, 11) is 0. The highest BCUT2D eigenvalue weighted by molar-refractivity contribution is 6.08. The Morgan fingerprint density at radius 3 is 2.59 bits per heavy atom. The lowest BCUT2D eigenvalue weighted by Crippen LogP contribution is -2.32. The van der Waals surface area contributed by atoms with Gasteiger partial charge in [-0.2, -0.15) is 0 Å². The van der Waals surface area contributed by atoms with Gasteiger partial charge in [0.25, 0.3) is 5.91 Å². The number of Topliss-reactive ketones (excluding diaryl/α,β-unsaturated/α-hetero) is 1. The third-order valence-corrected chi connectivity index (χ3v) is 3.69. The molecule has 0 spiro atoms. The number of nitrogens with zero attached hydrogens (tertiary/aromatic N) is 1. The fourth-order valence-corrected chi connectivity index (χ4v) is 2.71. The minimum Gasteiger partial charge on any atom is -0.503 e. The lowest BCUT2D eigenvalue weighted by atomic mass is 9.97. The Morgan fingerprint density at radius 2 is 2.00 bits per heavy atom. The quantitative estimate of drug-likeness (QED) is 0.785. The van der Waals surface area contributed by atoms with Gasteiger partial charge in [-0.3, -0.25) is 9.59 Å². The van der Waals surface area contributed by atoms with Gasteiger partial charge in [0.15, 0.2) is 11.5 Å². The lowest BCUT2D eigenvalue weighted by molar-refractivity contribution is -0.129. The molecule has 0 aromatic heterocycles. The van der Waals surface area contributed by atoms with Crippen LogP contribution in [0.3, 0.4) is 0 Å². The average molecular weight is 303 g/mol. The van der Waals surface area contributed by atoms with E-state index >= 15 is 0 Å². The van der Waals surface area contributed by atoms with Crippen LogP contribution in [-0.2, 0) is 14.3 Å². The molecule has 2 rings (SSSR count). The highest BCUT2D eigenvalue weighted by atomic mass is 16.5. The fraction of sp³-hybridized carbons (Fsp3) is 0.412. The molecule has 1 aliphatic heterocycles. The number of ether oxygens (including phenoxy) is 1. The van der Waals surface area contributed by atoms with E-state index < -0.39 is 17.7 Å². The summed E-state index contributed by atoms with van der Waals surface area (Å²) >= 11 is 0. The van der Waals surface area contributed by atoms with Crippen molar-refractivity contribution >= 4 is 11.7 Å². The molecule has 1 atom stereocenters. The Balaban J connectivity index is 2.28. The van der Waals surface area contributed by atoms with E-state index in [1.165, 1.54) is 6.92 Å². The van der Waals surface area contributed by atoms with Crippen LogP contribution in [0.5, 0.6) is 0 Å². The number of carbonyl (C=O) groups excluding carboxylic acids is 2. The summed E-state index contributed by atoms with van der Waals surface area (Å²) in [5, 5.41) is 10.1. The third kappa shape index (κ3) is 3.20. The SMILES string of the molecule is CCOCCCN1C(=O)C(O)=C(C(C)=O)[C@H]1c1ccccc1. The van der Waals surface area contributed by atoms with E-state index in [2.05, 4.69) is 0 Å². The molecule has 1 aromatic carbocycles. The zero-order chi connectivity index (χ0) is 16.1. The van der Waals surface area contributed by atoms with E-state index in [9.17, 15) is 14.7 Å². The molecule has 0 aliphatic carbocycles. The topological polar surface area (TPSA) is 66.8 Å². The zero-order valence-corrected chi connectivity index (χ0v) is 12.9. The van der Waals surface area contributed by atoms with Crippen molar-refractivity contribution in [1.82, 2.24) is 4.90 Å². The minimum absolute atomic E-state index is 0.174. The number of hydrogen-bond acceptors (Lipinski definition) is 4. The van der Waals surface area contributed by atoms with E-state index in [0.29, 0.717) is 26.2 Å². The second kappa shape index (κ2) is 7.22. The number of aliphatic hydroxyl groups excluding tert-OH is 1. The molecule has 0 unspecified atom stereocenters. The number of hydrogen-bond donors (Lipinski definition) is 1.